The molecule has 2 aromatic carbocycles. The molecule has 3 aliphatic rings. The van der Waals surface area contributed by atoms with Crippen LogP contribution in [-0.4, -0.2) is 52.8 Å². The maximum absolute atomic E-state index is 13.0. The minimum absolute atomic E-state index is 0.00591. The van der Waals surface area contributed by atoms with Gasteiger partial charge in [0.25, 0.3) is 11.8 Å². The van der Waals surface area contributed by atoms with Crippen LogP contribution in [-0.2, 0) is 6.54 Å². The molecular formula is C27H32N4O3. The van der Waals surface area contributed by atoms with Crippen molar-refractivity contribution >= 4 is 23.5 Å². The van der Waals surface area contributed by atoms with E-state index in [-0.39, 0.29) is 29.9 Å². The van der Waals surface area contributed by atoms with E-state index in [0.717, 1.165) is 64.6 Å². The van der Waals surface area contributed by atoms with Gasteiger partial charge in [0.2, 0.25) is 0 Å². The zero-order valence-corrected chi connectivity index (χ0v) is 19.5. The number of carbonyl (C=O) groups excluding carboxylic acids is 3. The second kappa shape index (κ2) is 9.97. The third kappa shape index (κ3) is 4.85. The molecule has 0 aromatic heterocycles. The number of benzene rings is 2. The Kier molecular flexibility index (Phi) is 6.63. The van der Waals surface area contributed by atoms with Crippen LogP contribution in [0, 0.1) is 0 Å². The summed E-state index contributed by atoms with van der Waals surface area (Å²) in [5.41, 5.74) is 2.66. The van der Waals surface area contributed by atoms with Crippen LogP contribution in [0.1, 0.15) is 71.2 Å². The maximum atomic E-state index is 13.0. The number of nitrogens with zero attached hydrogens (tertiary/aromatic N) is 2. The van der Waals surface area contributed by atoms with Crippen LogP contribution in [0.25, 0.3) is 0 Å². The van der Waals surface area contributed by atoms with E-state index in [9.17, 15) is 14.4 Å². The average molecular weight is 461 g/mol. The molecule has 0 unspecified atom stereocenters. The van der Waals surface area contributed by atoms with E-state index in [1.807, 2.05) is 6.07 Å². The summed E-state index contributed by atoms with van der Waals surface area (Å²) in [6.07, 6.45) is 6.81. The Balaban J connectivity index is 1.14. The van der Waals surface area contributed by atoms with E-state index in [1.54, 1.807) is 18.2 Å². The Bertz CT molecular complexity index is 1060. The number of likely N-dealkylation sites (tertiary alicyclic amines) is 1. The Morgan fingerprint density at radius 3 is 2.29 bits per heavy atom. The topological polar surface area (TPSA) is 81.8 Å². The molecule has 0 radical (unpaired) electrons. The first kappa shape index (κ1) is 22.6. The molecule has 1 saturated heterocycles. The first-order valence-corrected chi connectivity index (χ1v) is 12.4. The smallest absolute Gasteiger partial charge is 0.319 e. The number of hydrogen-bond donors (Lipinski definition) is 2. The minimum atomic E-state index is -0.276. The Labute approximate surface area is 200 Å². The van der Waals surface area contributed by atoms with Crippen molar-refractivity contribution in [2.45, 2.75) is 63.6 Å². The van der Waals surface area contributed by atoms with Crippen LogP contribution >= 0.6 is 0 Å². The average Bonchev–Trinajstić information content (AvgIpc) is 3.11. The SMILES string of the molecule is O=C(Nc1ccc2c(c1)C(=O)N(C1CCCCC1)C2=O)NC1CCN(Cc2ccccc2)CC1. The molecule has 2 aliphatic heterocycles. The molecule has 5 rings (SSSR count). The Morgan fingerprint density at radius 2 is 1.56 bits per heavy atom. The normalized spacial score (nSPS) is 19.8. The third-order valence-corrected chi connectivity index (χ3v) is 7.29. The molecule has 7 heteroatoms. The van der Waals surface area contributed by atoms with Gasteiger partial charge in [-0.3, -0.25) is 19.4 Å². The van der Waals surface area contributed by atoms with Crippen LogP contribution in [0.2, 0.25) is 0 Å². The number of imide groups is 1. The molecule has 1 saturated carbocycles. The lowest BCUT2D eigenvalue weighted by molar-refractivity contribution is 0.0549. The van der Waals surface area contributed by atoms with Gasteiger partial charge < -0.3 is 10.6 Å². The van der Waals surface area contributed by atoms with E-state index >= 15 is 0 Å². The van der Waals surface area contributed by atoms with Crippen LogP contribution in [0.5, 0.6) is 0 Å². The monoisotopic (exact) mass is 460 g/mol. The highest BCUT2D eigenvalue weighted by molar-refractivity contribution is 6.22. The van der Waals surface area contributed by atoms with Gasteiger partial charge >= 0.3 is 6.03 Å². The van der Waals surface area contributed by atoms with Crippen molar-refractivity contribution in [3.8, 4) is 0 Å². The Hall–Kier alpha value is -3.19. The molecule has 7 nitrogen and oxygen atoms in total. The molecule has 0 bridgehead atoms. The van der Waals surface area contributed by atoms with Crippen molar-refractivity contribution in [3.05, 3.63) is 65.2 Å². The molecule has 4 amide bonds. The minimum Gasteiger partial charge on any atom is -0.335 e. The number of anilines is 1. The highest BCUT2D eigenvalue weighted by Crippen LogP contribution is 2.32. The van der Waals surface area contributed by atoms with Crippen molar-refractivity contribution in [1.29, 1.82) is 0 Å². The van der Waals surface area contributed by atoms with Gasteiger partial charge in [0.15, 0.2) is 0 Å². The fourth-order valence-corrected chi connectivity index (χ4v) is 5.44. The number of piperidine rings is 1. The number of fused-ring (bicyclic) bond motifs is 1. The van der Waals surface area contributed by atoms with Crippen molar-refractivity contribution in [2.75, 3.05) is 18.4 Å². The van der Waals surface area contributed by atoms with Gasteiger partial charge in [-0.25, -0.2) is 4.79 Å². The van der Waals surface area contributed by atoms with E-state index in [0.29, 0.717) is 16.8 Å². The number of hydrogen-bond acceptors (Lipinski definition) is 4. The summed E-state index contributed by atoms with van der Waals surface area (Å²) in [5.74, 6) is -0.438. The molecule has 178 valence electrons. The lowest BCUT2D eigenvalue weighted by Crippen LogP contribution is -2.45. The molecule has 34 heavy (non-hydrogen) atoms. The van der Waals surface area contributed by atoms with E-state index in [4.69, 9.17) is 0 Å². The molecule has 2 aromatic rings. The molecule has 2 heterocycles. The van der Waals surface area contributed by atoms with Crippen molar-refractivity contribution in [1.82, 2.24) is 15.1 Å². The number of rotatable bonds is 5. The molecule has 0 atom stereocenters. The molecular weight excluding hydrogens is 428 g/mol. The predicted molar refractivity (Wildman–Crippen MR) is 131 cm³/mol. The summed E-state index contributed by atoms with van der Waals surface area (Å²) < 4.78 is 0. The van der Waals surface area contributed by atoms with Gasteiger partial charge in [-0.05, 0) is 49.4 Å². The highest BCUT2D eigenvalue weighted by atomic mass is 16.2. The quantitative estimate of drug-likeness (QED) is 0.648. The predicted octanol–water partition coefficient (Wildman–Crippen LogP) is 4.40. The zero-order chi connectivity index (χ0) is 23.5. The van der Waals surface area contributed by atoms with Crippen molar-refractivity contribution < 1.29 is 14.4 Å². The molecule has 2 N–H and O–H groups in total. The molecule has 0 spiro atoms. The first-order valence-electron chi connectivity index (χ1n) is 12.4. The summed E-state index contributed by atoms with van der Waals surface area (Å²) in [6, 6.07) is 15.3. The van der Waals surface area contributed by atoms with E-state index < -0.39 is 0 Å². The van der Waals surface area contributed by atoms with Gasteiger partial charge in [-0.15, -0.1) is 0 Å². The summed E-state index contributed by atoms with van der Waals surface area (Å²) in [7, 11) is 0. The van der Waals surface area contributed by atoms with Gasteiger partial charge in [0, 0.05) is 37.4 Å². The lowest BCUT2D eigenvalue weighted by atomic mass is 9.94. The molecule has 2 fully saturated rings. The third-order valence-electron chi connectivity index (χ3n) is 7.29. The number of nitrogens with one attached hydrogen (secondary N) is 2. The fourth-order valence-electron chi connectivity index (χ4n) is 5.44. The van der Waals surface area contributed by atoms with Crippen LogP contribution in [0.4, 0.5) is 10.5 Å². The largest absolute Gasteiger partial charge is 0.335 e. The summed E-state index contributed by atoms with van der Waals surface area (Å²) in [4.78, 5) is 42.3. The Morgan fingerprint density at radius 1 is 0.853 bits per heavy atom. The lowest BCUT2D eigenvalue weighted by Gasteiger charge is -2.32. The van der Waals surface area contributed by atoms with Crippen LogP contribution in [0.3, 0.4) is 0 Å². The summed E-state index contributed by atoms with van der Waals surface area (Å²) >= 11 is 0. The van der Waals surface area contributed by atoms with Crippen molar-refractivity contribution in [2.24, 2.45) is 0 Å². The van der Waals surface area contributed by atoms with Gasteiger partial charge in [0.05, 0.1) is 11.1 Å². The second-order valence-electron chi connectivity index (χ2n) is 9.67. The van der Waals surface area contributed by atoms with Gasteiger partial charge in [-0.1, -0.05) is 49.6 Å². The number of amides is 4. The fraction of sp³-hybridized carbons (Fsp3) is 0.444. The van der Waals surface area contributed by atoms with Crippen molar-refractivity contribution in [3.63, 3.8) is 0 Å². The number of urea groups is 1. The number of carbonyl (C=O) groups is 3. The molecule has 1 aliphatic carbocycles. The maximum Gasteiger partial charge on any atom is 0.319 e. The summed E-state index contributed by atoms with van der Waals surface area (Å²) in [5, 5.41) is 5.92. The van der Waals surface area contributed by atoms with E-state index in [2.05, 4.69) is 39.8 Å². The standard InChI is InChI=1S/C27H32N4O3/c32-25-23-12-11-21(17-24(23)26(33)31(25)22-9-5-2-6-10-22)29-27(34)28-20-13-15-30(16-14-20)18-19-7-3-1-4-8-19/h1,3-4,7-8,11-12,17,20,22H,2,5-6,9-10,13-16,18H2,(H2,28,29,34). The van der Waals surface area contributed by atoms with Crippen LogP contribution in [0.15, 0.2) is 48.5 Å². The van der Waals surface area contributed by atoms with E-state index in [1.165, 1.54) is 10.5 Å². The summed E-state index contributed by atoms with van der Waals surface area (Å²) in [6.45, 7) is 2.80. The second-order valence-corrected chi connectivity index (χ2v) is 9.67. The van der Waals surface area contributed by atoms with Gasteiger partial charge in [0.1, 0.15) is 0 Å². The zero-order valence-electron chi connectivity index (χ0n) is 19.5. The first-order chi connectivity index (χ1) is 16.6. The van der Waals surface area contributed by atoms with Crippen LogP contribution < -0.4 is 10.6 Å². The van der Waals surface area contributed by atoms with Gasteiger partial charge in [-0.2, -0.15) is 0 Å². The highest BCUT2D eigenvalue weighted by Gasteiger charge is 2.40.